The van der Waals surface area contributed by atoms with Crippen LogP contribution in [0.25, 0.3) is 21.9 Å². The van der Waals surface area contributed by atoms with Gasteiger partial charge in [0, 0.05) is 18.1 Å². The number of pyridine rings is 1. The molecule has 0 saturated carbocycles. The maximum atomic E-state index is 13.7. The predicted molar refractivity (Wildman–Crippen MR) is 161 cm³/mol. The molecule has 8 heteroatoms. The van der Waals surface area contributed by atoms with Gasteiger partial charge in [0.1, 0.15) is 22.9 Å². The Balaban J connectivity index is 0.000000748. The van der Waals surface area contributed by atoms with Gasteiger partial charge in [-0.3, -0.25) is 4.98 Å². The first kappa shape index (κ1) is 34.2. The number of aromatic nitrogens is 4. The predicted octanol–water partition coefficient (Wildman–Crippen LogP) is 8.06. The fraction of sp³-hybridized carbons (Fsp3) is 0.452. The fourth-order valence-electron chi connectivity index (χ4n) is 3.86. The van der Waals surface area contributed by atoms with Crippen LogP contribution in [-0.2, 0) is 13.0 Å². The van der Waals surface area contributed by atoms with Crippen molar-refractivity contribution in [1.29, 1.82) is 0 Å². The lowest BCUT2D eigenvalue weighted by atomic mass is 9.91. The molecule has 1 atom stereocenters. The summed E-state index contributed by atoms with van der Waals surface area (Å²) in [6.45, 7) is 19.4. The molecule has 1 unspecified atom stereocenters. The normalized spacial score (nSPS) is 11.5. The minimum Gasteiger partial charge on any atom is -0.366 e. The highest BCUT2D eigenvalue weighted by Crippen LogP contribution is 2.25. The third kappa shape index (κ3) is 11.0. The molecule has 0 aliphatic heterocycles. The summed E-state index contributed by atoms with van der Waals surface area (Å²) in [5.74, 6) is -1.37. The molecule has 1 aromatic carbocycles. The van der Waals surface area contributed by atoms with Crippen molar-refractivity contribution >= 4 is 33.5 Å². The van der Waals surface area contributed by atoms with E-state index in [0.717, 1.165) is 47.7 Å². The number of fused-ring (bicyclic) bond motifs is 2. The number of hydrogen-bond donors (Lipinski definition) is 2. The maximum absolute atomic E-state index is 13.7. The molecule has 214 valence electrons. The first-order chi connectivity index (χ1) is 18.4. The lowest BCUT2D eigenvalue weighted by Gasteiger charge is -2.18. The molecule has 0 spiro atoms. The van der Waals surface area contributed by atoms with Gasteiger partial charge >= 0.3 is 0 Å². The molecule has 0 aliphatic carbocycles. The number of allylic oxidation sites excluding steroid dienone is 1. The van der Waals surface area contributed by atoms with Gasteiger partial charge in [-0.25, -0.2) is 14.4 Å². The standard InChI is InChI=1S/C24H24ClFN4.C3H8O2.2C2H6/c1-15(2)18(8-10-30-11-9-20-23(25)27-14-28-24(20)30)6-4-17-5-7-19-13-21(26)16(3)29-22(19)12-17;1-3(2,4)5;2*1-2/h5,7,9,11-14,18H,1,4,6,8,10H2,2-3H3;4-5H,1-2H3;2*1-2H3. The van der Waals surface area contributed by atoms with E-state index in [-0.39, 0.29) is 5.82 Å². The van der Waals surface area contributed by atoms with Gasteiger partial charge in [-0.2, -0.15) is 0 Å². The van der Waals surface area contributed by atoms with Crippen LogP contribution in [0.5, 0.6) is 0 Å². The summed E-state index contributed by atoms with van der Waals surface area (Å²) in [5.41, 5.74) is 4.52. The first-order valence-electron chi connectivity index (χ1n) is 13.5. The maximum Gasteiger partial charge on any atom is 0.156 e. The van der Waals surface area contributed by atoms with Gasteiger partial charge in [0.05, 0.1) is 16.6 Å². The van der Waals surface area contributed by atoms with Crippen molar-refractivity contribution < 1.29 is 14.6 Å². The van der Waals surface area contributed by atoms with E-state index in [4.69, 9.17) is 21.8 Å². The van der Waals surface area contributed by atoms with Crippen molar-refractivity contribution in [2.45, 2.75) is 87.0 Å². The minimum atomic E-state index is -1.50. The molecule has 0 radical (unpaired) electrons. The molecule has 0 fully saturated rings. The highest BCUT2D eigenvalue weighted by Gasteiger charge is 2.13. The molecule has 3 aromatic heterocycles. The van der Waals surface area contributed by atoms with Gasteiger partial charge in [-0.05, 0) is 76.6 Å². The highest BCUT2D eigenvalue weighted by atomic mass is 35.5. The van der Waals surface area contributed by atoms with E-state index in [0.29, 0.717) is 16.8 Å². The van der Waals surface area contributed by atoms with Crippen molar-refractivity contribution in [2.24, 2.45) is 5.92 Å². The van der Waals surface area contributed by atoms with E-state index in [9.17, 15) is 4.39 Å². The Kier molecular flexibility index (Phi) is 14.3. The zero-order valence-corrected chi connectivity index (χ0v) is 25.3. The SMILES string of the molecule is C=C(C)C(CCc1ccc2cc(F)c(C)nc2c1)CCn1ccc2c(Cl)ncnc21.CC.CC.CC(C)(O)O. The van der Waals surface area contributed by atoms with Crippen LogP contribution >= 0.6 is 11.6 Å². The summed E-state index contributed by atoms with van der Waals surface area (Å²) in [6.07, 6.45) is 6.40. The van der Waals surface area contributed by atoms with E-state index >= 15 is 0 Å². The van der Waals surface area contributed by atoms with E-state index in [1.807, 2.05) is 46.0 Å². The Hall–Kier alpha value is -2.87. The number of aryl methyl sites for hydroxylation is 3. The third-order valence-corrected chi connectivity index (χ3v) is 6.02. The second kappa shape index (κ2) is 16.3. The zero-order chi connectivity index (χ0) is 29.8. The Bertz CT molecular complexity index is 1330. The molecule has 0 aliphatic rings. The summed E-state index contributed by atoms with van der Waals surface area (Å²) >= 11 is 6.16. The van der Waals surface area contributed by atoms with Crippen molar-refractivity contribution in [3.8, 4) is 0 Å². The van der Waals surface area contributed by atoms with Gasteiger partial charge < -0.3 is 14.8 Å². The first-order valence-corrected chi connectivity index (χ1v) is 13.9. The summed E-state index contributed by atoms with van der Waals surface area (Å²) in [6, 6.07) is 9.59. The van der Waals surface area contributed by atoms with Gasteiger partial charge in [0.15, 0.2) is 5.79 Å². The van der Waals surface area contributed by atoms with Crippen LogP contribution in [0.1, 0.15) is 72.6 Å². The van der Waals surface area contributed by atoms with Crippen LogP contribution in [-0.4, -0.2) is 35.5 Å². The Morgan fingerprint density at radius 3 is 2.33 bits per heavy atom. The van der Waals surface area contributed by atoms with Gasteiger partial charge in [0.2, 0.25) is 0 Å². The molecule has 0 bridgehead atoms. The largest absolute Gasteiger partial charge is 0.366 e. The van der Waals surface area contributed by atoms with Crippen molar-refractivity contribution in [2.75, 3.05) is 0 Å². The summed E-state index contributed by atoms with van der Waals surface area (Å²) in [5, 5.41) is 18.3. The molecular weight excluding hydrogens is 515 g/mol. The van der Waals surface area contributed by atoms with Crippen LogP contribution in [0.15, 0.2) is 55.0 Å². The Morgan fingerprint density at radius 2 is 1.72 bits per heavy atom. The smallest absolute Gasteiger partial charge is 0.156 e. The molecule has 2 N–H and O–H groups in total. The molecule has 3 heterocycles. The third-order valence-electron chi connectivity index (χ3n) is 5.72. The van der Waals surface area contributed by atoms with Crippen LogP contribution in [0.4, 0.5) is 4.39 Å². The van der Waals surface area contributed by atoms with Crippen molar-refractivity contribution in [3.63, 3.8) is 0 Å². The number of rotatable bonds is 7. The van der Waals surface area contributed by atoms with E-state index in [1.165, 1.54) is 31.3 Å². The summed E-state index contributed by atoms with van der Waals surface area (Å²) in [4.78, 5) is 12.8. The van der Waals surface area contributed by atoms with E-state index in [2.05, 4.69) is 45.2 Å². The van der Waals surface area contributed by atoms with Gasteiger partial charge in [0.25, 0.3) is 0 Å². The summed E-state index contributed by atoms with van der Waals surface area (Å²) in [7, 11) is 0. The number of benzene rings is 1. The average Bonchev–Trinajstić information content (AvgIpc) is 3.30. The lowest BCUT2D eigenvalue weighted by Crippen LogP contribution is -2.15. The molecule has 4 rings (SSSR count). The van der Waals surface area contributed by atoms with Crippen LogP contribution in [0.2, 0.25) is 5.15 Å². The van der Waals surface area contributed by atoms with Crippen molar-refractivity contribution in [3.05, 3.63) is 77.2 Å². The molecule has 4 aromatic rings. The Labute approximate surface area is 237 Å². The quantitative estimate of drug-likeness (QED) is 0.136. The van der Waals surface area contributed by atoms with Crippen LogP contribution in [0.3, 0.4) is 0 Å². The van der Waals surface area contributed by atoms with Gasteiger partial charge in [-0.1, -0.05) is 63.6 Å². The second-order valence-corrected chi connectivity index (χ2v) is 9.72. The lowest BCUT2D eigenvalue weighted by molar-refractivity contribution is -0.127. The second-order valence-electron chi connectivity index (χ2n) is 9.36. The topological polar surface area (TPSA) is 84.1 Å². The fourth-order valence-corrected chi connectivity index (χ4v) is 4.06. The molecule has 6 nitrogen and oxygen atoms in total. The van der Waals surface area contributed by atoms with E-state index in [1.54, 1.807) is 13.0 Å². The minimum absolute atomic E-state index is 0.262. The monoisotopic (exact) mass is 558 g/mol. The number of nitrogens with zero attached hydrogens (tertiary/aromatic N) is 4. The number of halogens is 2. The van der Waals surface area contributed by atoms with Crippen molar-refractivity contribution in [1.82, 2.24) is 19.5 Å². The molecule has 0 amide bonds. The zero-order valence-electron chi connectivity index (χ0n) is 24.6. The number of hydrogen-bond acceptors (Lipinski definition) is 5. The van der Waals surface area contributed by atoms with Gasteiger partial charge in [-0.15, -0.1) is 0 Å². The average molecular weight is 559 g/mol. The molecule has 0 saturated heterocycles. The Morgan fingerprint density at radius 1 is 1.08 bits per heavy atom. The summed E-state index contributed by atoms with van der Waals surface area (Å²) < 4.78 is 15.8. The van der Waals surface area contributed by atoms with Crippen LogP contribution in [0, 0.1) is 18.7 Å². The van der Waals surface area contributed by atoms with Crippen LogP contribution < -0.4 is 0 Å². The molecular formula is C31H44ClFN4O2. The number of aliphatic hydroxyl groups is 2. The highest BCUT2D eigenvalue weighted by molar-refractivity contribution is 6.33. The van der Waals surface area contributed by atoms with E-state index < -0.39 is 5.79 Å². The molecule has 39 heavy (non-hydrogen) atoms.